The molecule has 0 aromatic carbocycles. The van der Waals surface area contributed by atoms with E-state index in [9.17, 15) is 19.8 Å². The third kappa shape index (κ3) is 53.0. The smallest absolute Gasteiger partial charge is 0.305 e. The van der Waals surface area contributed by atoms with Gasteiger partial charge in [-0.25, -0.2) is 0 Å². The Kier molecular flexibility index (Phi) is 54.6. The molecular formula is C61H113NO5. The van der Waals surface area contributed by atoms with Gasteiger partial charge in [0.15, 0.2) is 0 Å². The normalized spacial score (nSPS) is 13.0. The van der Waals surface area contributed by atoms with Crippen molar-refractivity contribution in [2.24, 2.45) is 0 Å². The molecule has 0 aliphatic carbocycles. The Morgan fingerprint density at radius 2 is 0.746 bits per heavy atom. The van der Waals surface area contributed by atoms with Gasteiger partial charge in [0.05, 0.1) is 25.4 Å². The predicted molar refractivity (Wildman–Crippen MR) is 292 cm³/mol. The summed E-state index contributed by atoms with van der Waals surface area (Å²) in [6, 6.07) is -0.641. The maximum atomic E-state index is 12.5. The van der Waals surface area contributed by atoms with Crippen LogP contribution < -0.4 is 5.32 Å². The van der Waals surface area contributed by atoms with Gasteiger partial charge in [0.2, 0.25) is 5.91 Å². The van der Waals surface area contributed by atoms with Crippen LogP contribution in [0, 0.1) is 0 Å². The molecule has 392 valence electrons. The van der Waals surface area contributed by atoms with Crippen molar-refractivity contribution in [3.8, 4) is 0 Å². The molecule has 0 aliphatic heterocycles. The number of carbonyl (C=O) groups excluding carboxylic acids is 2. The minimum atomic E-state index is -0.856. The van der Waals surface area contributed by atoms with Crippen LogP contribution in [0.1, 0.15) is 303 Å². The van der Waals surface area contributed by atoms with E-state index in [-0.39, 0.29) is 18.5 Å². The number of ether oxygens (including phenoxy) is 1. The zero-order chi connectivity index (χ0) is 48.6. The number of aliphatic hydroxyl groups is 2. The Labute approximate surface area is 416 Å². The van der Waals surface area contributed by atoms with E-state index in [1.807, 2.05) is 6.08 Å². The summed E-state index contributed by atoms with van der Waals surface area (Å²) in [4.78, 5) is 24.5. The molecule has 0 saturated heterocycles. The van der Waals surface area contributed by atoms with Crippen LogP contribution in [-0.4, -0.2) is 47.4 Å². The lowest BCUT2D eigenvalue weighted by Gasteiger charge is -2.20. The molecule has 6 heteroatoms. The molecule has 0 spiro atoms. The Hall–Kier alpha value is -2.18. The van der Waals surface area contributed by atoms with Gasteiger partial charge in [0, 0.05) is 12.8 Å². The van der Waals surface area contributed by atoms with E-state index in [1.54, 1.807) is 6.08 Å². The third-order valence-corrected chi connectivity index (χ3v) is 13.3. The van der Waals surface area contributed by atoms with Crippen LogP contribution in [0.4, 0.5) is 0 Å². The van der Waals surface area contributed by atoms with E-state index in [2.05, 4.69) is 55.6 Å². The summed E-state index contributed by atoms with van der Waals surface area (Å²) in [5.74, 6) is -0.0967. The van der Waals surface area contributed by atoms with Crippen LogP contribution in [0.25, 0.3) is 0 Å². The summed E-state index contributed by atoms with van der Waals surface area (Å²) in [6.45, 7) is 4.86. The standard InChI is InChI=1S/C61H113NO5/c1-3-5-7-9-11-13-15-17-19-21-25-29-33-37-41-45-49-53-59(64)58(57-63)62-60(65)54-50-46-42-38-34-30-26-23-24-28-32-36-40-44-48-52-56-67-61(66)55-51-47-43-39-35-31-27-22-20-18-16-14-12-10-8-6-4-2/h12,14,18,20,23,26,49,53,58-59,63-64H,3-11,13,15-17,19,21-22,24-25,27-48,50-52,54-57H2,1-2H3,(H,62,65)/b14-12-,20-18-,26-23-,53-49+. The number of carbonyl (C=O) groups is 2. The summed E-state index contributed by atoms with van der Waals surface area (Å²) >= 11 is 0. The third-order valence-electron chi connectivity index (χ3n) is 13.3. The molecule has 0 saturated carbocycles. The first-order chi connectivity index (χ1) is 33.0. The van der Waals surface area contributed by atoms with Gasteiger partial charge in [-0.15, -0.1) is 0 Å². The number of aliphatic hydroxyl groups excluding tert-OH is 2. The molecule has 2 unspecified atom stereocenters. The van der Waals surface area contributed by atoms with Gasteiger partial charge in [-0.1, -0.05) is 249 Å². The van der Waals surface area contributed by atoms with Gasteiger partial charge in [0.1, 0.15) is 0 Å². The molecule has 0 aliphatic rings. The van der Waals surface area contributed by atoms with Crippen molar-refractivity contribution < 1.29 is 24.5 Å². The molecule has 0 aromatic rings. The molecule has 0 bridgehead atoms. The van der Waals surface area contributed by atoms with Crippen LogP contribution in [0.2, 0.25) is 0 Å². The van der Waals surface area contributed by atoms with Crippen molar-refractivity contribution in [1.82, 2.24) is 5.32 Å². The number of amides is 1. The fourth-order valence-corrected chi connectivity index (χ4v) is 8.78. The number of hydrogen-bond acceptors (Lipinski definition) is 5. The van der Waals surface area contributed by atoms with Crippen LogP contribution in [0.5, 0.6) is 0 Å². The van der Waals surface area contributed by atoms with Gasteiger partial charge in [-0.05, 0) is 89.9 Å². The highest BCUT2D eigenvalue weighted by Gasteiger charge is 2.18. The SMILES string of the molecule is CCCCC/C=C\C/C=C\CCCCCCCCCC(=O)OCCCCCCCCC/C=C\CCCCCCCC(=O)NC(CO)C(O)/C=C/CCCCCCCCCCCCCCCCC. The number of nitrogens with one attached hydrogen (secondary N) is 1. The Morgan fingerprint density at radius 1 is 0.418 bits per heavy atom. The summed E-state index contributed by atoms with van der Waals surface area (Å²) in [5.41, 5.74) is 0. The van der Waals surface area contributed by atoms with E-state index in [4.69, 9.17) is 4.74 Å². The Bertz CT molecular complexity index is 1130. The number of hydrogen-bond donors (Lipinski definition) is 3. The largest absolute Gasteiger partial charge is 0.466 e. The van der Waals surface area contributed by atoms with E-state index < -0.39 is 12.1 Å². The number of allylic oxidation sites excluding steroid dienone is 7. The lowest BCUT2D eigenvalue weighted by molar-refractivity contribution is -0.143. The average molecular weight is 941 g/mol. The zero-order valence-corrected chi connectivity index (χ0v) is 44.6. The van der Waals surface area contributed by atoms with Gasteiger partial charge >= 0.3 is 5.97 Å². The lowest BCUT2D eigenvalue weighted by atomic mass is 10.0. The molecule has 0 heterocycles. The van der Waals surface area contributed by atoms with Gasteiger partial charge in [0.25, 0.3) is 0 Å². The summed E-state index contributed by atoms with van der Waals surface area (Å²) < 4.78 is 5.47. The highest BCUT2D eigenvalue weighted by atomic mass is 16.5. The molecule has 2 atom stereocenters. The lowest BCUT2D eigenvalue weighted by Crippen LogP contribution is -2.45. The Morgan fingerprint density at radius 3 is 1.18 bits per heavy atom. The molecule has 0 aromatic heterocycles. The number of rotatable bonds is 54. The second-order valence-corrected chi connectivity index (χ2v) is 20.0. The second-order valence-electron chi connectivity index (χ2n) is 20.0. The van der Waals surface area contributed by atoms with Crippen LogP contribution in [0.15, 0.2) is 48.6 Å². The quantitative estimate of drug-likeness (QED) is 0.0321. The first kappa shape index (κ1) is 64.8. The molecule has 6 nitrogen and oxygen atoms in total. The van der Waals surface area contributed by atoms with E-state index >= 15 is 0 Å². The number of esters is 1. The predicted octanol–water partition coefficient (Wildman–Crippen LogP) is 18.2. The fourth-order valence-electron chi connectivity index (χ4n) is 8.78. The molecule has 0 fully saturated rings. The molecule has 0 radical (unpaired) electrons. The van der Waals surface area contributed by atoms with E-state index in [1.165, 1.54) is 205 Å². The molecule has 0 rings (SSSR count). The van der Waals surface area contributed by atoms with Crippen molar-refractivity contribution in [1.29, 1.82) is 0 Å². The first-order valence-corrected chi connectivity index (χ1v) is 29.4. The van der Waals surface area contributed by atoms with Crippen molar-refractivity contribution in [2.45, 2.75) is 315 Å². The topological polar surface area (TPSA) is 95.9 Å². The van der Waals surface area contributed by atoms with Gasteiger partial charge < -0.3 is 20.3 Å². The summed E-state index contributed by atoms with van der Waals surface area (Å²) in [5, 5.41) is 23.1. The van der Waals surface area contributed by atoms with Crippen molar-refractivity contribution in [2.75, 3.05) is 13.2 Å². The molecule has 67 heavy (non-hydrogen) atoms. The van der Waals surface area contributed by atoms with Crippen LogP contribution >= 0.6 is 0 Å². The Balaban J connectivity index is 3.50. The molecular weight excluding hydrogens is 827 g/mol. The van der Waals surface area contributed by atoms with Crippen molar-refractivity contribution >= 4 is 11.9 Å². The number of unbranched alkanes of at least 4 members (excludes halogenated alkanes) is 37. The highest BCUT2D eigenvalue weighted by molar-refractivity contribution is 5.76. The van der Waals surface area contributed by atoms with Crippen LogP contribution in [-0.2, 0) is 14.3 Å². The summed E-state index contributed by atoms with van der Waals surface area (Å²) in [6.07, 6.45) is 71.3. The first-order valence-electron chi connectivity index (χ1n) is 29.4. The van der Waals surface area contributed by atoms with Crippen LogP contribution in [0.3, 0.4) is 0 Å². The van der Waals surface area contributed by atoms with E-state index in [0.29, 0.717) is 19.4 Å². The molecule has 3 N–H and O–H groups in total. The second kappa shape index (κ2) is 56.4. The van der Waals surface area contributed by atoms with Gasteiger partial charge in [-0.3, -0.25) is 9.59 Å². The minimum absolute atomic E-state index is 0.0120. The highest BCUT2D eigenvalue weighted by Crippen LogP contribution is 2.16. The van der Waals surface area contributed by atoms with Crippen molar-refractivity contribution in [3.05, 3.63) is 48.6 Å². The average Bonchev–Trinajstić information content (AvgIpc) is 3.33. The molecule has 1 amide bonds. The van der Waals surface area contributed by atoms with Gasteiger partial charge in [-0.2, -0.15) is 0 Å². The summed E-state index contributed by atoms with van der Waals surface area (Å²) in [7, 11) is 0. The van der Waals surface area contributed by atoms with Crippen molar-refractivity contribution in [3.63, 3.8) is 0 Å². The maximum Gasteiger partial charge on any atom is 0.305 e. The minimum Gasteiger partial charge on any atom is -0.466 e. The van der Waals surface area contributed by atoms with E-state index in [0.717, 1.165) is 70.6 Å². The maximum absolute atomic E-state index is 12.5. The monoisotopic (exact) mass is 940 g/mol. The zero-order valence-electron chi connectivity index (χ0n) is 44.6. The fraction of sp³-hybridized carbons (Fsp3) is 0.836.